The number of guanidine groups is 1. The van der Waals surface area contributed by atoms with E-state index in [1.165, 1.54) is 0 Å². The summed E-state index contributed by atoms with van der Waals surface area (Å²) in [4.78, 5) is 7.09. The summed E-state index contributed by atoms with van der Waals surface area (Å²) < 4.78 is 16.2. The van der Waals surface area contributed by atoms with Crippen LogP contribution in [0.3, 0.4) is 0 Å². The minimum Gasteiger partial charge on any atom is -0.493 e. The summed E-state index contributed by atoms with van der Waals surface area (Å²) in [5.41, 5.74) is 0.985. The molecule has 1 rings (SSSR count). The summed E-state index contributed by atoms with van der Waals surface area (Å²) in [6, 6.07) is 4.38. The maximum Gasteiger partial charge on any atom is 0.203 e. The van der Waals surface area contributed by atoms with Crippen molar-refractivity contribution in [3.8, 4) is 17.2 Å². The Bertz CT molecular complexity index is 566. The first kappa shape index (κ1) is 22.9. The molecule has 0 amide bonds. The van der Waals surface area contributed by atoms with Gasteiger partial charge in [0.1, 0.15) is 0 Å². The van der Waals surface area contributed by atoms with E-state index in [1.807, 2.05) is 12.1 Å². The molecule has 0 aliphatic carbocycles. The van der Waals surface area contributed by atoms with Gasteiger partial charge in [-0.1, -0.05) is 6.92 Å². The van der Waals surface area contributed by atoms with E-state index >= 15 is 0 Å². The molecule has 154 valence electrons. The van der Waals surface area contributed by atoms with Gasteiger partial charge in [-0.15, -0.1) is 0 Å². The lowest BCUT2D eigenvalue weighted by atomic mass is 10.2. The van der Waals surface area contributed by atoms with E-state index in [0.717, 1.165) is 37.7 Å². The van der Waals surface area contributed by atoms with Gasteiger partial charge < -0.3 is 24.8 Å². The van der Waals surface area contributed by atoms with Crippen molar-refractivity contribution < 1.29 is 14.2 Å². The molecular weight excluding hydrogens is 344 g/mol. The normalized spacial score (nSPS) is 11.7. The van der Waals surface area contributed by atoms with Crippen LogP contribution in [0.1, 0.15) is 33.3 Å². The number of rotatable bonds is 11. The van der Waals surface area contributed by atoms with Crippen molar-refractivity contribution in [3.63, 3.8) is 0 Å². The van der Waals surface area contributed by atoms with Gasteiger partial charge >= 0.3 is 0 Å². The highest BCUT2D eigenvalue weighted by molar-refractivity contribution is 5.79. The van der Waals surface area contributed by atoms with Crippen LogP contribution < -0.4 is 24.8 Å². The van der Waals surface area contributed by atoms with Crippen LogP contribution in [0.25, 0.3) is 0 Å². The van der Waals surface area contributed by atoms with Crippen molar-refractivity contribution in [2.24, 2.45) is 4.99 Å². The van der Waals surface area contributed by atoms with Crippen molar-refractivity contribution >= 4 is 5.96 Å². The molecule has 0 atom stereocenters. The Labute approximate surface area is 164 Å². The third-order valence-electron chi connectivity index (χ3n) is 4.32. The number of methoxy groups -OCH3 is 3. The fourth-order valence-corrected chi connectivity index (χ4v) is 2.84. The highest BCUT2D eigenvalue weighted by Crippen LogP contribution is 2.38. The van der Waals surface area contributed by atoms with Crippen LogP contribution in [0, 0.1) is 0 Å². The Morgan fingerprint density at radius 3 is 2.11 bits per heavy atom. The minimum atomic E-state index is 0.508. The smallest absolute Gasteiger partial charge is 0.203 e. The Morgan fingerprint density at radius 1 is 1.04 bits per heavy atom. The second-order valence-corrected chi connectivity index (χ2v) is 6.38. The van der Waals surface area contributed by atoms with Crippen LogP contribution in [0.5, 0.6) is 17.2 Å². The topological polar surface area (TPSA) is 67.4 Å². The first-order valence-corrected chi connectivity index (χ1v) is 9.55. The summed E-state index contributed by atoms with van der Waals surface area (Å²) in [5.74, 6) is 2.66. The molecule has 0 spiro atoms. The number of likely N-dealkylation sites (N-methyl/N-ethyl adjacent to an activating group) is 1. The Morgan fingerprint density at radius 2 is 1.67 bits per heavy atom. The molecule has 7 nitrogen and oxygen atoms in total. The molecule has 1 aromatic carbocycles. The van der Waals surface area contributed by atoms with E-state index in [0.29, 0.717) is 29.8 Å². The molecule has 0 bridgehead atoms. The monoisotopic (exact) mass is 380 g/mol. The number of ether oxygens (including phenoxy) is 3. The molecule has 0 aromatic heterocycles. The van der Waals surface area contributed by atoms with Gasteiger partial charge in [-0.05, 0) is 45.0 Å². The predicted octanol–water partition coefficient (Wildman–Crippen LogP) is 2.50. The van der Waals surface area contributed by atoms with Crippen LogP contribution in [0.15, 0.2) is 17.1 Å². The van der Waals surface area contributed by atoms with Crippen molar-refractivity contribution in [3.05, 3.63) is 17.7 Å². The van der Waals surface area contributed by atoms with Gasteiger partial charge in [0.25, 0.3) is 0 Å². The molecule has 1 aromatic rings. The maximum absolute atomic E-state index is 5.41. The zero-order chi connectivity index (χ0) is 20.2. The van der Waals surface area contributed by atoms with Crippen molar-refractivity contribution in [1.82, 2.24) is 15.5 Å². The average molecular weight is 381 g/mol. The highest BCUT2D eigenvalue weighted by atomic mass is 16.5. The van der Waals surface area contributed by atoms with Gasteiger partial charge in [0.2, 0.25) is 5.75 Å². The molecule has 0 saturated carbocycles. The fourth-order valence-electron chi connectivity index (χ4n) is 2.84. The Hall–Kier alpha value is -2.15. The lowest BCUT2D eigenvalue weighted by Crippen LogP contribution is -2.43. The van der Waals surface area contributed by atoms with Gasteiger partial charge in [-0.2, -0.15) is 0 Å². The molecule has 0 radical (unpaired) electrons. The zero-order valence-electron chi connectivity index (χ0n) is 17.9. The van der Waals surface area contributed by atoms with Gasteiger partial charge in [-0.25, -0.2) is 4.99 Å². The molecule has 0 fully saturated rings. The second kappa shape index (κ2) is 12.3. The molecule has 0 aliphatic heterocycles. The molecular formula is C20H36N4O3. The molecule has 0 heterocycles. The summed E-state index contributed by atoms with van der Waals surface area (Å²) in [6.45, 7) is 12.8. The molecule has 0 aliphatic rings. The third-order valence-corrected chi connectivity index (χ3v) is 4.32. The summed E-state index contributed by atoms with van der Waals surface area (Å²) in [5, 5.41) is 6.69. The quantitative estimate of drug-likeness (QED) is 0.454. The number of nitrogens with one attached hydrogen (secondary N) is 2. The van der Waals surface area contributed by atoms with Crippen molar-refractivity contribution in [2.75, 3.05) is 47.5 Å². The van der Waals surface area contributed by atoms with E-state index in [1.54, 1.807) is 21.3 Å². The van der Waals surface area contributed by atoms with Crippen LogP contribution in [-0.2, 0) is 6.54 Å². The number of benzene rings is 1. The lowest BCUT2D eigenvalue weighted by Gasteiger charge is -2.25. The lowest BCUT2D eigenvalue weighted by molar-refractivity contribution is 0.237. The maximum atomic E-state index is 5.41. The molecule has 7 heteroatoms. The van der Waals surface area contributed by atoms with E-state index in [2.05, 4.69) is 48.2 Å². The van der Waals surface area contributed by atoms with Crippen molar-refractivity contribution in [1.29, 1.82) is 0 Å². The fraction of sp³-hybridized carbons (Fsp3) is 0.650. The molecule has 2 N–H and O–H groups in total. The van der Waals surface area contributed by atoms with Gasteiger partial charge in [0, 0.05) is 25.7 Å². The molecule has 0 saturated heterocycles. The van der Waals surface area contributed by atoms with E-state index < -0.39 is 0 Å². The van der Waals surface area contributed by atoms with Crippen LogP contribution in [0.4, 0.5) is 0 Å². The Kier molecular flexibility index (Phi) is 10.4. The number of hydrogen-bond donors (Lipinski definition) is 2. The van der Waals surface area contributed by atoms with Crippen LogP contribution in [0.2, 0.25) is 0 Å². The first-order chi connectivity index (χ1) is 13.0. The second-order valence-electron chi connectivity index (χ2n) is 6.38. The van der Waals surface area contributed by atoms with E-state index in [-0.39, 0.29) is 0 Å². The van der Waals surface area contributed by atoms with E-state index in [9.17, 15) is 0 Å². The Balaban J connectivity index is 2.82. The summed E-state index contributed by atoms with van der Waals surface area (Å²) in [7, 11) is 4.83. The molecule has 27 heavy (non-hydrogen) atoms. The van der Waals surface area contributed by atoms with E-state index in [4.69, 9.17) is 14.2 Å². The average Bonchev–Trinajstić information content (AvgIpc) is 2.67. The van der Waals surface area contributed by atoms with Gasteiger partial charge in [0.05, 0.1) is 27.9 Å². The first-order valence-electron chi connectivity index (χ1n) is 9.55. The van der Waals surface area contributed by atoms with Crippen LogP contribution in [-0.4, -0.2) is 64.4 Å². The zero-order valence-corrected chi connectivity index (χ0v) is 17.9. The van der Waals surface area contributed by atoms with Gasteiger partial charge in [0.15, 0.2) is 17.5 Å². The van der Waals surface area contributed by atoms with Crippen LogP contribution >= 0.6 is 0 Å². The summed E-state index contributed by atoms with van der Waals surface area (Å²) >= 11 is 0. The standard InChI is InChI=1S/C20H36N4O3/c1-8-21-20(22-10-11-24(9-2)15(3)4)23-14-16-12-17(25-5)19(27-7)18(13-16)26-6/h12-13,15H,8-11,14H2,1-7H3,(H2,21,22,23). The largest absolute Gasteiger partial charge is 0.493 e. The van der Waals surface area contributed by atoms with Crippen molar-refractivity contribution in [2.45, 2.75) is 40.3 Å². The third kappa shape index (κ3) is 7.17. The SMILES string of the molecule is CCNC(=NCc1cc(OC)c(OC)c(OC)c1)NCCN(CC)C(C)C. The number of nitrogens with zero attached hydrogens (tertiary/aromatic N) is 2. The number of aliphatic imine (C=N–C) groups is 1. The number of hydrogen-bond acceptors (Lipinski definition) is 5. The molecule has 0 unspecified atom stereocenters. The predicted molar refractivity (Wildman–Crippen MR) is 111 cm³/mol. The summed E-state index contributed by atoms with van der Waals surface area (Å²) in [6.07, 6.45) is 0. The highest BCUT2D eigenvalue weighted by Gasteiger charge is 2.13. The van der Waals surface area contributed by atoms with Gasteiger partial charge in [-0.3, -0.25) is 4.90 Å². The minimum absolute atomic E-state index is 0.508.